The van der Waals surface area contributed by atoms with E-state index < -0.39 is 11.6 Å². The maximum atomic E-state index is 13.4. The molecule has 0 unspecified atom stereocenters. The van der Waals surface area contributed by atoms with Crippen molar-refractivity contribution in [3.63, 3.8) is 0 Å². The van der Waals surface area contributed by atoms with E-state index in [2.05, 4.69) is 21.3 Å². The quantitative estimate of drug-likeness (QED) is 0.263. The molecular formula is C32H33N7O3S. The number of thiazole rings is 1. The molecule has 0 saturated carbocycles. The fourth-order valence-electron chi connectivity index (χ4n) is 5.05. The van der Waals surface area contributed by atoms with Gasteiger partial charge in [-0.25, -0.2) is 14.8 Å². The monoisotopic (exact) mass is 595 g/mol. The zero-order chi connectivity index (χ0) is 30.0. The number of benzene rings is 2. The number of ether oxygens (including phenoxy) is 1. The van der Waals surface area contributed by atoms with Crippen molar-refractivity contribution in [2.45, 2.75) is 32.4 Å². The van der Waals surface area contributed by atoms with Crippen LogP contribution in [0.5, 0.6) is 0 Å². The zero-order valence-electron chi connectivity index (χ0n) is 24.3. The number of fused-ring (bicyclic) bond motifs is 1. The van der Waals surface area contributed by atoms with E-state index in [-0.39, 0.29) is 12.0 Å². The molecule has 220 valence electrons. The summed E-state index contributed by atoms with van der Waals surface area (Å²) in [5.74, 6) is 0.663. The molecule has 1 fully saturated rings. The second-order valence-electron chi connectivity index (χ2n) is 11.4. The number of rotatable bonds is 6. The third-order valence-electron chi connectivity index (χ3n) is 7.15. The number of anilines is 2. The molecule has 2 amide bonds. The van der Waals surface area contributed by atoms with Crippen LogP contribution in [0.1, 0.15) is 32.4 Å². The van der Waals surface area contributed by atoms with Gasteiger partial charge in [0.15, 0.2) is 11.2 Å². The lowest BCUT2D eigenvalue weighted by molar-refractivity contribution is -0.118. The molecular weight excluding hydrogens is 562 g/mol. The van der Waals surface area contributed by atoms with Crippen LogP contribution in [0.4, 0.5) is 15.7 Å². The van der Waals surface area contributed by atoms with Gasteiger partial charge in [-0.2, -0.15) is 5.10 Å². The first-order chi connectivity index (χ1) is 20.7. The van der Waals surface area contributed by atoms with Gasteiger partial charge < -0.3 is 14.5 Å². The van der Waals surface area contributed by atoms with Gasteiger partial charge in [-0.15, -0.1) is 11.3 Å². The summed E-state index contributed by atoms with van der Waals surface area (Å²) in [5.41, 5.74) is 3.05. The van der Waals surface area contributed by atoms with E-state index in [9.17, 15) is 9.59 Å². The predicted octanol–water partition coefficient (Wildman–Crippen LogP) is 5.84. The van der Waals surface area contributed by atoms with Gasteiger partial charge in [0.1, 0.15) is 11.4 Å². The normalized spacial score (nSPS) is 14.5. The number of amides is 2. The second-order valence-corrected chi connectivity index (χ2v) is 12.3. The van der Waals surface area contributed by atoms with E-state index in [1.807, 2.05) is 93.1 Å². The minimum Gasteiger partial charge on any atom is -0.444 e. The molecule has 3 aromatic heterocycles. The maximum Gasteiger partial charge on any atom is 0.410 e. The third kappa shape index (κ3) is 6.51. The average Bonchev–Trinajstić information content (AvgIpc) is 3.66. The molecule has 11 heteroatoms. The molecule has 0 radical (unpaired) electrons. The van der Waals surface area contributed by atoms with Crippen LogP contribution in [-0.2, 0) is 9.53 Å². The van der Waals surface area contributed by atoms with E-state index in [1.54, 1.807) is 15.8 Å². The van der Waals surface area contributed by atoms with E-state index in [0.29, 0.717) is 31.3 Å². The molecule has 1 saturated heterocycles. The first-order valence-corrected chi connectivity index (χ1v) is 15.0. The Labute approximate surface area is 253 Å². The molecule has 0 aliphatic carbocycles. The van der Waals surface area contributed by atoms with E-state index in [0.717, 1.165) is 33.4 Å². The highest BCUT2D eigenvalue weighted by molar-refractivity contribution is 7.13. The summed E-state index contributed by atoms with van der Waals surface area (Å²) in [4.78, 5) is 38.7. The van der Waals surface area contributed by atoms with E-state index in [1.165, 1.54) is 11.3 Å². The predicted molar refractivity (Wildman–Crippen MR) is 168 cm³/mol. The summed E-state index contributed by atoms with van der Waals surface area (Å²) < 4.78 is 7.22. The second kappa shape index (κ2) is 11.8. The topological polar surface area (TPSA) is 105 Å². The van der Waals surface area contributed by atoms with Crippen LogP contribution in [0, 0.1) is 0 Å². The molecule has 5 aromatic rings. The molecule has 1 atom stereocenters. The van der Waals surface area contributed by atoms with Gasteiger partial charge in [0, 0.05) is 61.1 Å². The van der Waals surface area contributed by atoms with Gasteiger partial charge in [0.25, 0.3) is 5.91 Å². The van der Waals surface area contributed by atoms with Crippen LogP contribution in [-0.4, -0.2) is 68.4 Å². The van der Waals surface area contributed by atoms with Gasteiger partial charge in [0.05, 0.1) is 5.52 Å². The Balaban J connectivity index is 1.18. The summed E-state index contributed by atoms with van der Waals surface area (Å²) >= 11 is 1.37. The van der Waals surface area contributed by atoms with Crippen LogP contribution in [0.25, 0.3) is 22.0 Å². The number of nitrogens with zero attached hydrogens (tertiary/aromatic N) is 6. The van der Waals surface area contributed by atoms with Crippen LogP contribution in [0.3, 0.4) is 0 Å². The fraction of sp³-hybridized carbons (Fsp3) is 0.281. The molecule has 2 aromatic carbocycles. The van der Waals surface area contributed by atoms with Crippen molar-refractivity contribution in [2.75, 3.05) is 36.4 Å². The minimum absolute atomic E-state index is 0.208. The Kier molecular flexibility index (Phi) is 7.81. The zero-order valence-corrected chi connectivity index (χ0v) is 25.1. The van der Waals surface area contributed by atoms with Crippen molar-refractivity contribution in [1.29, 1.82) is 0 Å². The largest absolute Gasteiger partial charge is 0.444 e. The highest BCUT2D eigenvalue weighted by Gasteiger charge is 2.27. The van der Waals surface area contributed by atoms with Crippen molar-refractivity contribution in [3.05, 3.63) is 90.2 Å². The standard InChI is InChI=1S/C32H33N7O3S/c1-32(2,3)42-31(41)38-16-14-37(15-17-38)27-12-11-24(20-34-27)23-9-10-25-21-39(36-26(25)19-23)28(22-7-5-4-6-8-22)29(40)35-30-33-13-18-43-30/h4-13,18-21,28H,14-17H2,1-3H3,(H,33,35,40)/t28-/m1/s1. The van der Waals surface area contributed by atoms with Crippen molar-refractivity contribution in [2.24, 2.45) is 0 Å². The van der Waals surface area contributed by atoms with Gasteiger partial charge in [-0.05, 0) is 50.1 Å². The van der Waals surface area contributed by atoms with Crippen LogP contribution in [0.2, 0.25) is 0 Å². The molecule has 0 bridgehead atoms. The summed E-state index contributed by atoms with van der Waals surface area (Å²) in [5, 5.41) is 11.0. The summed E-state index contributed by atoms with van der Waals surface area (Å²) in [6, 6.07) is 19.1. The van der Waals surface area contributed by atoms with Crippen LogP contribution >= 0.6 is 11.3 Å². The fourth-order valence-corrected chi connectivity index (χ4v) is 5.59. The molecule has 6 rings (SSSR count). The first kappa shape index (κ1) is 28.4. The minimum atomic E-state index is -0.655. The highest BCUT2D eigenvalue weighted by Crippen LogP contribution is 2.28. The molecule has 4 heterocycles. The highest BCUT2D eigenvalue weighted by atomic mass is 32.1. The summed E-state index contributed by atoms with van der Waals surface area (Å²) in [7, 11) is 0. The number of hydrogen-bond donors (Lipinski definition) is 1. The number of nitrogens with one attached hydrogen (secondary N) is 1. The van der Waals surface area contributed by atoms with Crippen LogP contribution in [0.15, 0.2) is 84.6 Å². The van der Waals surface area contributed by atoms with Crippen molar-refractivity contribution in [3.8, 4) is 11.1 Å². The number of hydrogen-bond acceptors (Lipinski definition) is 8. The Morgan fingerprint density at radius 3 is 2.40 bits per heavy atom. The van der Waals surface area contributed by atoms with Crippen LogP contribution < -0.4 is 10.2 Å². The summed E-state index contributed by atoms with van der Waals surface area (Å²) in [6.45, 7) is 8.18. The molecule has 43 heavy (non-hydrogen) atoms. The first-order valence-electron chi connectivity index (χ1n) is 14.2. The summed E-state index contributed by atoms with van der Waals surface area (Å²) in [6.07, 6.45) is 5.15. The van der Waals surface area contributed by atoms with Gasteiger partial charge in [-0.3, -0.25) is 14.8 Å². The third-order valence-corrected chi connectivity index (χ3v) is 7.84. The molecule has 1 aliphatic rings. The van der Waals surface area contributed by atoms with Crippen molar-refractivity contribution >= 4 is 45.2 Å². The Hall–Kier alpha value is -4.77. The number of aromatic nitrogens is 4. The van der Waals surface area contributed by atoms with E-state index >= 15 is 0 Å². The molecule has 10 nitrogen and oxygen atoms in total. The number of piperazine rings is 1. The lowest BCUT2D eigenvalue weighted by Gasteiger charge is -2.36. The van der Waals surface area contributed by atoms with Crippen molar-refractivity contribution in [1.82, 2.24) is 24.6 Å². The Morgan fingerprint density at radius 2 is 1.72 bits per heavy atom. The number of carbonyl (C=O) groups excluding carboxylic acids is 2. The van der Waals surface area contributed by atoms with Gasteiger partial charge in [0.2, 0.25) is 0 Å². The number of carbonyl (C=O) groups is 2. The van der Waals surface area contributed by atoms with Crippen molar-refractivity contribution < 1.29 is 14.3 Å². The van der Waals surface area contributed by atoms with Gasteiger partial charge >= 0.3 is 6.09 Å². The lowest BCUT2D eigenvalue weighted by Crippen LogP contribution is -2.50. The maximum absolute atomic E-state index is 13.4. The lowest BCUT2D eigenvalue weighted by atomic mass is 10.1. The Bertz CT molecular complexity index is 1710. The molecule has 0 spiro atoms. The van der Waals surface area contributed by atoms with E-state index in [4.69, 9.17) is 14.8 Å². The van der Waals surface area contributed by atoms with Gasteiger partial charge in [-0.1, -0.05) is 42.5 Å². The SMILES string of the molecule is CC(C)(C)OC(=O)N1CCN(c2ccc(-c3ccc4cn([C@@H](C(=O)Nc5nccs5)c5ccccc5)nc4c3)cn2)CC1. The number of pyridine rings is 1. The molecule has 1 aliphatic heterocycles. The average molecular weight is 596 g/mol. The Morgan fingerprint density at radius 1 is 0.953 bits per heavy atom. The molecule has 1 N–H and O–H groups in total. The smallest absolute Gasteiger partial charge is 0.410 e.